The van der Waals surface area contributed by atoms with E-state index >= 15 is 0 Å². The molecule has 1 amide bonds. The maximum atomic E-state index is 12.0. The molecule has 4 heteroatoms. The maximum absolute atomic E-state index is 12.0. The van der Waals surface area contributed by atoms with Crippen molar-refractivity contribution in [3.05, 3.63) is 12.7 Å². The highest BCUT2D eigenvalue weighted by Gasteiger charge is 2.32. The molecule has 0 N–H and O–H groups in total. The summed E-state index contributed by atoms with van der Waals surface area (Å²) in [4.78, 5) is 25.0. The Morgan fingerprint density at radius 3 is 2.17 bits per heavy atom. The lowest BCUT2D eigenvalue weighted by atomic mass is 9.93. The van der Waals surface area contributed by atoms with Gasteiger partial charge in [-0.15, -0.1) is 6.58 Å². The third-order valence-corrected chi connectivity index (χ3v) is 2.69. The van der Waals surface area contributed by atoms with Crippen molar-refractivity contribution in [2.75, 3.05) is 7.05 Å². The second-order valence-corrected chi connectivity index (χ2v) is 5.45. The Bertz CT molecular complexity index is 317. The van der Waals surface area contributed by atoms with E-state index in [4.69, 9.17) is 4.74 Å². The van der Waals surface area contributed by atoms with Crippen LogP contribution in [0.4, 0.5) is 4.79 Å². The minimum atomic E-state index is -0.567. The summed E-state index contributed by atoms with van der Waals surface area (Å²) in [6.07, 6.45) is 1.98. The van der Waals surface area contributed by atoms with Crippen molar-refractivity contribution in [3.63, 3.8) is 0 Å². The predicted octanol–water partition coefficient (Wildman–Crippen LogP) is 3.02. The fourth-order valence-electron chi connectivity index (χ4n) is 1.83. The second-order valence-electron chi connectivity index (χ2n) is 5.45. The molecule has 18 heavy (non-hydrogen) atoms. The number of ketones is 1. The Hall–Kier alpha value is -1.32. The van der Waals surface area contributed by atoms with Gasteiger partial charge in [0.25, 0.3) is 0 Å². The first-order valence-corrected chi connectivity index (χ1v) is 6.22. The number of hydrogen-bond donors (Lipinski definition) is 0. The molecule has 0 rings (SSSR count). The Kier molecular flexibility index (Phi) is 6.09. The third kappa shape index (κ3) is 4.90. The van der Waals surface area contributed by atoms with E-state index in [0.717, 1.165) is 6.42 Å². The highest BCUT2D eigenvalue weighted by atomic mass is 16.6. The number of ether oxygens (including phenoxy) is 1. The zero-order chi connectivity index (χ0) is 14.5. The van der Waals surface area contributed by atoms with Crippen molar-refractivity contribution in [3.8, 4) is 0 Å². The Balaban J connectivity index is 4.98. The van der Waals surface area contributed by atoms with Crippen molar-refractivity contribution in [2.45, 2.75) is 52.7 Å². The first-order valence-electron chi connectivity index (χ1n) is 6.22. The molecule has 0 fully saturated rings. The van der Waals surface area contributed by atoms with Crippen molar-refractivity contribution >= 4 is 11.9 Å². The van der Waals surface area contributed by atoms with Gasteiger partial charge in [0.1, 0.15) is 5.60 Å². The Morgan fingerprint density at radius 1 is 1.39 bits per heavy atom. The average molecular weight is 255 g/mol. The lowest BCUT2D eigenvalue weighted by Crippen LogP contribution is -2.47. The predicted molar refractivity (Wildman–Crippen MR) is 72.4 cm³/mol. The molecular weight excluding hydrogens is 230 g/mol. The normalized spacial score (nSPS) is 14.6. The SMILES string of the molecule is C=CC(CC)C(C(C)=O)N(C)C(=O)OC(C)(C)C. The third-order valence-electron chi connectivity index (χ3n) is 2.69. The molecule has 0 heterocycles. The van der Waals surface area contributed by atoms with Crippen LogP contribution in [0.2, 0.25) is 0 Å². The highest BCUT2D eigenvalue weighted by Crippen LogP contribution is 2.19. The number of hydrogen-bond acceptors (Lipinski definition) is 3. The van der Waals surface area contributed by atoms with Gasteiger partial charge in [-0.2, -0.15) is 0 Å². The molecule has 0 saturated carbocycles. The van der Waals surface area contributed by atoms with Gasteiger partial charge < -0.3 is 9.64 Å². The first-order chi connectivity index (χ1) is 8.14. The summed E-state index contributed by atoms with van der Waals surface area (Å²) in [5.74, 6) is -0.116. The zero-order valence-corrected chi connectivity index (χ0v) is 12.3. The number of carbonyl (C=O) groups is 2. The fraction of sp³-hybridized carbons (Fsp3) is 0.714. The summed E-state index contributed by atoms with van der Waals surface area (Å²) < 4.78 is 5.27. The summed E-state index contributed by atoms with van der Waals surface area (Å²) >= 11 is 0. The topological polar surface area (TPSA) is 46.6 Å². The van der Waals surface area contributed by atoms with Crippen molar-refractivity contribution in [1.29, 1.82) is 0 Å². The van der Waals surface area contributed by atoms with Crippen LogP contribution in [-0.4, -0.2) is 35.5 Å². The molecule has 0 bridgehead atoms. The molecule has 0 radical (unpaired) electrons. The minimum absolute atomic E-state index is 0.0555. The quantitative estimate of drug-likeness (QED) is 0.709. The number of amides is 1. The fourth-order valence-corrected chi connectivity index (χ4v) is 1.83. The van der Waals surface area contributed by atoms with Gasteiger partial charge >= 0.3 is 6.09 Å². The van der Waals surface area contributed by atoms with Crippen molar-refractivity contribution in [1.82, 2.24) is 4.90 Å². The molecular formula is C14H25NO3. The summed E-state index contributed by atoms with van der Waals surface area (Å²) in [5, 5.41) is 0. The summed E-state index contributed by atoms with van der Waals surface area (Å²) in [6.45, 7) is 12.6. The molecule has 2 atom stereocenters. The molecule has 0 aliphatic heterocycles. The molecule has 0 aliphatic rings. The van der Waals surface area contributed by atoms with Crippen LogP contribution in [0, 0.1) is 5.92 Å². The Morgan fingerprint density at radius 2 is 1.89 bits per heavy atom. The largest absolute Gasteiger partial charge is 0.444 e. The van der Waals surface area contributed by atoms with Gasteiger partial charge in [-0.3, -0.25) is 4.79 Å². The molecule has 0 saturated heterocycles. The van der Waals surface area contributed by atoms with Gasteiger partial charge in [0.15, 0.2) is 5.78 Å². The van der Waals surface area contributed by atoms with Gasteiger partial charge in [0, 0.05) is 13.0 Å². The van der Waals surface area contributed by atoms with Crippen LogP contribution in [0.3, 0.4) is 0 Å². The van der Waals surface area contributed by atoms with E-state index in [9.17, 15) is 9.59 Å². The van der Waals surface area contributed by atoms with Crippen LogP contribution in [0.15, 0.2) is 12.7 Å². The highest BCUT2D eigenvalue weighted by molar-refractivity contribution is 5.86. The Labute approximate surface area is 110 Å². The van der Waals surface area contributed by atoms with Crippen LogP contribution in [0.1, 0.15) is 41.0 Å². The molecule has 0 spiro atoms. The van der Waals surface area contributed by atoms with Gasteiger partial charge in [-0.1, -0.05) is 13.0 Å². The lowest BCUT2D eigenvalue weighted by molar-refractivity contribution is -0.123. The van der Waals surface area contributed by atoms with Crippen LogP contribution >= 0.6 is 0 Å². The summed E-state index contributed by atoms with van der Waals surface area (Å²) in [6, 6.07) is -0.512. The van der Waals surface area contributed by atoms with E-state index in [1.165, 1.54) is 11.8 Å². The van der Waals surface area contributed by atoms with E-state index in [-0.39, 0.29) is 11.7 Å². The number of Topliss-reactive ketones (excluding diaryl/α,β-unsaturated/α-hetero) is 1. The standard InChI is InChI=1S/C14H25NO3/c1-8-11(9-2)12(10(3)16)15(7)13(17)18-14(4,5)6/h8,11-12H,1,9H2,2-7H3. The summed E-state index contributed by atoms with van der Waals surface area (Å²) in [7, 11) is 1.59. The van der Waals surface area contributed by atoms with Gasteiger partial charge in [0.05, 0.1) is 6.04 Å². The van der Waals surface area contributed by atoms with E-state index in [1.54, 1.807) is 33.9 Å². The maximum Gasteiger partial charge on any atom is 0.410 e. The molecule has 0 aromatic carbocycles. The van der Waals surface area contributed by atoms with Crippen LogP contribution in [0.5, 0.6) is 0 Å². The minimum Gasteiger partial charge on any atom is -0.444 e. The van der Waals surface area contributed by atoms with E-state index in [0.29, 0.717) is 0 Å². The molecule has 2 unspecified atom stereocenters. The van der Waals surface area contributed by atoms with Gasteiger partial charge in [-0.25, -0.2) is 4.79 Å². The van der Waals surface area contributed by atoms with E-state index in [1.807, 2.05) is 6.92 Å². The van der Waals surface area contributed by atoms with Crippen LogP contribution in [-0.2, 0) is 9.53 Å². The molecule has 104 valence electrons. The number of carbonyl (C=O) groups excluding carboxylic acids is 2. The first kappa shape index (κ1) is 16.7. The summed E-state index contributed by atoms with van der Waals surface area (Å²) in [5.41, 5.74) is -0.567. The average Bonchev–Trinajstić information content (AvgIpc) is 2.21. The second kappa shape index (κ2) is 6.57. The smallest absolute Gasteiger partial charge is 0.410 e. The zero-order valence-electron chi connectivity index (χ0n) is 12.3. The molecule has 0 aliphatic carbocycles. The van der Waals surface area contributed by atoms with Gasteiger partial charge in [-0.05, 0) is 34.1 Å². The monoisotopic (exact) mass is 255 g/mol. The number of likely N-dealkylation sites (N-methyl/N-ethyl adjacent to an activating group) is 1. The van der Waals surface area contributed by atoms with E-state index in [2.05, 4.69) is 6.58 Å². The van der Waals surface area contributed by atoms with E-state index < -0.39 is 17.7 Å². The lowest BCUT2D eigenvalue weighted by Gasteiger charge is -2.32. The molecule has 0 aromatic heterocycles. The molecule has 4 nitrogen and oxygen atoms in total. The number of nitrogens with zero attached hydrogens (tertiary/aromatic N) is 1. The van der Waals surface area contributed by atoms with Crippen LogP contribution in [0.25, 0.3) is 0 Å². The van der Waals surface area contributed by atoms with Crippen molar-refractivity contribution < 1.29 is 14.3 Å². The van der Waals surface area contributed by atoms with Gasteiger partial charge in [0.2, 0.25) is 0 Å². The number of rotatable bonds is 5. The van der Waals surface area contributed by atoms with Crippen LogP contribution < -0.4 is 0 Å². The van der Waals surface area contributed by atoms with Crippen molar-refractivity contribution in [2.24, 2.45) is 5.92 Å². The molecule has 0 aromatic rings.